The summed E-state index contributed by atoms with van der Waals surface area (Å²) >= 11 is 0. The molecule has 0 unspecified atom stereocenters. The molecule has 148 valence electrons. The van der Waals surface area contributed by atoms with E-state index in [4.69, 9.17) is 0 Å². The fraction of sp³-hybridized carbons (Fsp3) is 0.476. The minimum atomic E-state index is -0.0984. The van der Waals surface area contributed by atoms with Gasteiger partial charge in [0.15, 0.2) is 0 Å². The molecule has 0 amide bonds. The molecule has 1 saturated heterocycles. The Kier molecular flexibility index (Phi) is 5.26. The molecule has 0 atom stereocenters. The molecule has 3 heterocycles. The minimum absolute atomic E-state index is 0.0984. The van der Waals surface area contributed by atoms with E-state index in [0.717, 1.165) is 54.8 Å². The SMILES string of the molecule is Cc1nc(CN(C)C2=C(F)CCc3cccnc32)cc(N2CCN(C)CC2)n1. The molecule has 0 spiro atoms. The van der Waals surface area contributed by atoms with Crippen LogP contribution >= 0.6 is 0 Å². The molecule has 6 nitrogen and oxygen atoms in total. The lowest BCUT2D eigenvalue weighted by molar-refractivity contribution is 0.312. The Morgan fingerprint density at radius 3 is 2.71 bits per heavy atom. The van der Waals surface area contributed by atoms with Crippen LogP contribution in [0.1, 0.15) is 29.2 Å². The van der Waals surface area contributed by atoms with Gasteiger partial charge in [0, 0.05) is 51.9 Å². The quantitative estimate of drug-likeness (QED) is 0.810. The maximum Gasteiger partial charge on any atom is 0.132 e. The van der Waals surface area contributed by atoms with E-state index in [1.54, 1.807) is 6.20 Å². The van der Waals surface area contributed by atoms with Crippen LogP contribution in [0.25, 0.3) is 5.70 Å². The largest absolute Gasteiger partial charge is 0.365 e. The van der Waals surface area contributed by atoms with Crippen LogP contribution in [0.5, 0.6) is 0 Å². The maximum absolute atomic E-state index is 14.7. The molecule has 28 heavy (non-hydrogen) atoms. The van der Waals surface area contributed by atoms with Crippen molar-refractivity contribution in [1.82, 2.24) is 24.8 Å². The summed E-state index contributed by atoms with van der Waals surface area (Å²) in [6, 6.07) is 5.98. The number of halogens is 1. The second-order valence-electron chi connectivity index (χ2n) is 7.68. The van der Waals surface area contributed by atoms with E-state index in [1.165, 1.54) is 0 Å². The Morgan fingerprint density at radius 1 is 1.14 bits per heavy atom. The molecular weight excluding hydrogens is 355 g/mol. The molecule has 1 fully saturated rings. The fourth-order valence-corrected chi connectivity index (χ4v) is 3.95. The van der Waals surface area contributed by atoms with Gasteiger partial charge in [-0.05, 0) is 32.0 Å². The van der Waals surface area contributed by atoms with Crippen LogP contribution in [-0.4, -0.2) is 65.0 Å². The maximum atomic E-state index is 14.7. The normalized spacial score (nSPS) is 17.6. The summed E-state index contributed by atoms with van der Waals surface area (Å²) in [5, 5.41) is 0. The number of piperazine rings is 1. The summed E-state index contributed by atoms with van der Waals surface area (Å²) in [7, 11) is 4.05. The van der Waals surface area contributed by atoms with Crippen LogP contribution in [0.3, 0.4) is 0 Å². The number of allylic oxidation sites excluding steroid dienone is 1. The summed E-state index contributed by atoms with van der Waals surface area (Å²) in [6.07, 6.45) is 2.85. The molecule has 0 aromatic carbocycles. The van der Waals surface area contributed by atoms with E-state index in [2.05, 4.69) is 31.8 Å². The van der Waals surface area contributed by atoms with Crippen LogP contribution in [0.15, 0.2) is 30.2 Å². The summed E-state index contributed by atoms with van der Waals surface area (Å²) in [5.41, 5.74) is 3.33. The predicted octanol–water partition coefficient (Wildman–Crippen LogP) is 2.65. The van der Waals surface area contributed by atoms with E-state index in [0.29, 0.717) is 25.1 Å². The lowest BCUT2D eigenvalue weighted by atomic mass is 9.98. The van der Waals surface area contributed by atoms with Crippen molar-refractivity contribution in [3.63, 3.8) is 0 Å². The Balaban J connectivity index is 1.57. The van der Waals surface area contributed by atoms with Gasteiger partial charge in [0.05, 0.1) is 23.6 Å². The first-order valence-electron chi connectivity index (χ1n) is 9.83. The highest BCUT2D eigenvalue weighted by molar-refractivity contribution is 5.67. The Hall–Kier alpha value is -2.54. The first kappa shape index (κ1) is 18.8. The molecule has 0 radical (unpaired) electrons. The third-order valence-electron chi connectivity index (χ3n) is 5.47. The van der Waals surface area contributed by atoms with Crippen LogP contribution in [0.2, 0.25) is 0 Å². The number of rotatable bonds is 4. The van der Waals surface area contributed by atoms with Gasteiger partial charge in [0.25, 0.3) is 0 Å². The molecule has 2 aromatic heterocycles. The first-order valence-corrected chi connectivity index (χ1v) is 9.83. The number of aromatic nitrogens is 3. The molecule has 1 aliphatic heterocycles. The molecule has 0 bridgehead atoms. The highest BCUT2D eigenvalue weighted by atomic mass is 19.1. The van der Waals surface area contributed by atoms with Crippen LogP contribution in [0, 0.1) is 6.92 Å². The first-order chi connectivity index (χ1) is 13.5. The number of nitrogens with zero attached hydrogens (tertiary/aromatic N) is 6. The predicted molar refractivity (Wildman–Crippen MR) is 109 cm³/mol. The topological polar surface area (TPSA) is 48.4 Å². The number of pyridine rings is 1. The second kappa shape index (κ2) is 7.83. The van der Waals surface area contributed by atoms with Gasteiger partial charge in [-0.15, -0.1) is 0 Å². The molecule has 1 aliphatic carbocycles. The Labute approximate surface area is 165 Å². The average Bonchev–Trinajstić information content (AvgIpc) is 2.68. The van der Waals surface area contributed by atoms with Crippen molar-refractivity contribution in [3.8, 4) is 0 Å². The van der Waals surface area contributed by atoms with Gasteiger partial charge in [0.2, 0.25) is 0 Å². The van der Waals surface area contributed by atoms with E-state index >= 15 is 0 Å². The number of hydrogen-bond acceptors (Lipinski definition) is 6. The van der Waals surface area contributed by atoms with Gasteiger partial charge in [-0.1, -0.05) is 6.07 Å². The monoisotopic (exact) mass is 382 g/mol. The third kappa shape index (κ3) is 3.85. The van der Waals surface area contributed by atoms with Crippen molar-refractivity contribution in [1.29, 1.82) is 0 Å². The highest BCUT2D eigenvalue weighted by Crippen LogP contribution is 2.33. The smallest absolute Gasteiger partial charge is 0.132 e. The molecule has 2 aromatic rings. The number of aryl methyl sites for hydroxylation is 2. The zero-order valence-corrected chi connectivity index (χ0v) is 16.8. The van der Waals surface area contributed by atoms with E-state index < -0.39 is 0 Å². The van der Waals surface area contributed by atoms with Crippen LogP contribution in [0.4, 0.5) is 10.2 Å². The zero-order valence-electron chi connectivity index (χ0n) is 16.8. The van der Waals surface area contributed by atoms with E-state index in [-0.39, 0.29) is 5.83 Å². The zero-order chi connectivity index (χ0) is 19.7. The summed E-state index contributed by atoms with van der Waals surface area (Å²) in [4.78, 5) is 20.2. The highest BCUT2D eigenvalue weighted by Gasteiger charge is 2.24. The van der Waals surface area contributed by atoms with Gasteiger partial charge in [-0.2, -0.15) is 0 Å². The summed E-state index contributed by atoms with van der Waals surface area (Å²) in [5.74, 6) is 1.61. The molecule has 7 heteroatoms. The van der Waals surface area contributed by atoms with Crippen molar-refractivity contribution in [2.45, 2.75) is 26.3 Å². The van der Waals surface area contributed by atoms with Crippen molar-refractivity contribution in [2.24, 2.45) is 0 Å². The van der Waals surface area contributed by atoms with Gasteiger partial charge >= 0.3 is 0 Å². The third-order valence-corrected chi connectivity index (χ3v) is 5.47. The van der Waals surface area contributed by atoms with Crippen molar-refractivity contribution in [2.75, 3.05) is 45.2 Å². The van der Waals surface area contributed by atoms with Gasteiger partial charge < -0.3 is 14.7 Å². The molecule has 0 saturated carbocycles. The van der Waals surface area contributed by atoms with E-state index in [9.17, 15) is 4.39 Å². The molecule has 0 N–H and O–H groups in total. The number of anilines is 1. The number of likely N-dealkylation sites (N-methyl/N-ethyl adjacent to an activating group) is 1. The standard InChI is InChI=1S/C21H27FN6/c1-15-24-17(13-19(25-15)28-11-9-26(2)10-12-28)14-27(3)21-18(22)7-6-16-5-4-8-23-20(16)21/h4-5,8,13H,6-7,9-12,14H2,1-3H3. The average molecular weight is 382 g/mol. The van der Waals surface area contributed by atoms with Crippen LogP contribution < -0.4 is 4.90 Å². The van der Waals surface area contributed by atoms with Crippen LogP contribution in [-0.2, 0) is 13.0 Å². The number of fused-ring (bicyclic) bond motifs is 1. The van der Waals surface area contributed by atoms with Gasteiger partial charge in [-0.3, -0.25) is 4.98 Å². The number of hydrogen-bond donors (Lipinski definition) is 0. The van der Waals surface area contributed by atoms with Gasteiger partial charge in [0.1, 0.15) is 17.5 Å². The molecule has 4 rings (SSSR count). The lowest BCUT2D eigenvalue weighted by Gasteiger charge is -2.33. The van der Waals surface area contributed by atoms with Crippen molar-refractivity contribution >= 4 is 11.5 Å². The Bertz CT molecular complexity index is 888. The summed E-state index contributed by atoms with van der Waals surface area (Å²) in [6.45, 7) is 6.40. The molecule has 2 aliphatic rings. The second-order valence-corrected chi connectivity index (χ2v) is 7.68. The summed E-state index contributed by atoms with van der Waals surface area (Å²) < 4.78 is 14.7. The van der Waals surface area contributed by atoms with E-state index in [1.807, 2.05) is 37.1 Å². The lowest BCUT2D eigenvalue weighted by Crippen LogP contribution is -2.45. The minimum Gasteiger partial charge on any atom is -0.365 e. The molecular formula is C21H27FN6. The fourth-order valence-electron chi connectivity index (χ4n) is 3.95. The van der Waals surface area contributed by atoms with Crippen molar-refractivity contribution in [3.05, 3.63) is 53.0 Å². The Morgan fingerprint density at radius 2 is 1.93 bits per heavy atom. The van der Waals surface area contributed by atoms with Gasteiger partial charge in [-0.25, -0.2) is 14.4 Å². The van der Waals surface area contributed by atoms with Crippen molar-refractivity contribution < 1.29 is 4.39 Å².